The Balaban J connectivity index is 1.58. The molecule has 2 aromatic carbocycles. The summed E-state index contributed by atoms with van der Waals surface area (Å²) in [5.41, 5.74) is 0.988. The Bertz CT molecular complexity index is 1050. The SMILES string of the molecule is CCN(Cc1nc2ccccc2c(=O)[nH]1)Cc1cccc2c1OC(F)(F)O2. The van der Waals surface area contributed by atoms with Gasteiger partial charge in [0.1, 0.15) is 5.82 Å². The van der Waals surface area contributed by atoms with E-state index in [1.165, 1.54) is 6.07 Å². The molecule has 1 aliphatic heterocycles. The van der Waals surface area contributed by atoms with Gasteiger partial charge in [0.25, 0.3) is 5.56 Å². The Labute approximate surface area is 153 Å². The van der Waals surface area contributed by atoms with Crippen LogP contribution in [0, 0.1) is 0 Å². The number of benzene rings is 2. The molecule has 6 nitrogen and oxygen atoms in total. The van der Waals surface area contributed by atoms with E-state index in [-0.39, 0.29) is 17.1 Å². The predicted octanol–water partition coefficient (Wildman–Crippen LogP) is 3.27. The molecule has 0 atom stereocenters. The lowest BCUT2D eigenvalue weighted by Gasteiger charge is -2.20. The molecule has 27 heavy (non-hydrogen) atoms. The Morgan fingerprint density at radius 3 is 2.74 bits per heavy atom. The number of nitrogens with one attached hydrogen (secondary N) is 1. The number of alkyl halides is 2. The number of hydrogen-bond acceptors (Lipinski definition) is 5. The summed E-state index contributed by atoms with van der Waals surface area (Å²) >= 11 is 0. The summed E-state index contributed by atoms with van der Waals surface area (Å²) in [6, 6.07) is 11.9. The van der Waals surface area contributed by atoms with Crippen molar-refractivity contribution in [2.24, 2.45) is 0 Å². The molecule has 0 unspecified atom stereocenters. The van der Waals surface area contributed by atoms with Crippen LogP contribution in [0.25, 0.3) is 10.9 Å². The molecule has 0 radical (unpaired) electrons. The molecule has 0 saturated heterocycles. The quantitative estimate of drug-likeness (QED) is 0.744. The Kier molecular flexibility index (Phi) is 4.27. The van der Waals surface area contributed by atoms with E-state index in [9.17, 15) is 13.6 Å². The van der Waals surface area contributed by atoms with Gasteiger partial charge in [-0.25, -0.2) is 4.98 Å². The number of ether oxygens (including phenoxy) is 2. The number of H-pyrrole nitrogens is 1. The molecule has 1 aliphatic rings. The average Bonchev–Trinajstić information content (AvgIpc) is 2.96. The number of rotatable bonds is 5. The van der Waals surface area contributed by atoms with Gasteiger partial charge in [-0.2, -0.15) is 0 Å². The second-order valence-electron chi connectivity index (χ2n) is 6.24. The van der Waals surface area contributed by atoms with Crippen molar-refractivity contribution in [1.29, 1.82) is 0 Å². The van der Waals surface area contributed by atoms with Gasteiger partial charge in [-0.05, 0) is 24.7 Å². The van der Waals surface area contributed by atoms with Crippen LogP contribution in [0.2, 0.25) is 0 Å². The first kappa shape index (κ1) is 17.4. The minimum Gasteiger partial charge on any atom is -0.395 e. The van der Waals surface area contributed by atoms with Crippen LogP contribution in [0.5, 0.6) is 11.5 Å². The van der Waals surface area contributed by atoms with Crippen LogP contribution in [-0.4, -0.2) is 27.7 Å². The summed E-state index contributed by atoms with van der Waals surface area (Å²) < 4.78 is 35.9. The number of aromatic amines is 1. The van der Waals surface area contributed by atoms with E-state index in [1.54, 1.807) is 30.3 Å². The molecule has 140 valence electrons. The van der Waals surface area contributed by atoms with Gasteiger partial charge in [-0.3, -0.25) is 9.69 Å². The zero-order chi connectivity index (χ0) is 19.0. The van der Waals surface area contributed by atoms with Crippen molar-refractivity contribution in [2.45, 2.75) is 26.3 Å². The summed E-state index contributed by atoms with van der Waals surface area (Å²) in [6.07, 6.45) is -3.65. The summed E-state index contributed by atoms with van der Waals surface area (Å²) in [5.74, 6) is 0.572. The third-order valence-electron chi connectivity index (χ3n) is 4.39. The fourth-order valence-electron chi connectivity index (χ4n) is 3.09. The smallest absolute Gasteiger partial charge is 0.395 e. The Hall–Kier alpha value is -3.00. The molecule has 8 heteroatoms. The number of nitrogens with zero attached hydrogens (tertiary/aromatic N) is 2. The first-order valence-corrected chi connectivity index (χ1v) is 8.53. The van der Waals surface area contributed by atoms with Crippen molar-refractivity contribution >= 4 is 10.9 Å². The van der Waals surface area contributed by atoms with Crippen molar-refractivity contribution in [3.05, 3.63) is 64.2 Å². The Morgan fingerprint density at radius 2 is 1.93 bits per heavy atom. The molecule has 1 N–H and O–H groups in total. The normalized spacial score (nSPS) is 14.8. The molecule has 0 aliphatic carbocycles. The second kappa shape index (κ2) is 6.62. The number of hydrogen-bond donors (Lipinski definition) is 1. The fraction of sp³-hybridized carbons (Fsp3) is 0.263. The monoisotopic (exact) mass is 373 g/mol. The van der Waals surface area contributed by atoms with E-state index in [1.807, 2.05) is 17.9 Å². The summed E-state index contributed by atoms with van der Waals surface area (Å²) in [4.78, 5) is 21.4. The van der Waals surface area contributed by atoms with Crippen molar-refractivity contribution < 1.29 is 18.3 Å². The fourth-order valence-corrected chi connectivity index (χ4v) is 3.09. The number of aromatic nitrogens is 2. The van der Waals surface area contributed by atoms with Crippen LogP contribution in [0.15, 0.2) is 47.3 Å². The van der Waals surface area contributed by atoms with Gasteiger partial charge >= 0.3 is 6.29 Å². The first-order valence-electron chi connectivity index (χ1n) is 8.53. The van der Waals surface area contributed by atoms with Crippen LogP contribution in [0.1, 0.15) is 18.3 Å². The maximum absolute atomic E-state index is 13.4. The largest absolute Gasteiger partial charge is 0.586 e. The highest BCUT2D eigenvalue weighted by molar-refractivity contribution is 5.77. The molecule has 1 aromatic heterocycles. The van der Waals surface area contributed by atoms with E-state index < -0.39 is 6.29 Å². The topological polar surface area (TPSA) is 67.5 Å². The third-order valence-corrected chi connectivity index (χ3v) is 4.39. The summed E-state index contributed by atoms with van der Waals surface area (Å²) in [6.45, 7) is 3.26. The molecule has 0 saturated carbocycles. The zero-order valence-corrected chi connectivity index (χ0v) is 14.5. The van der Waals surface area contributed by atoms with Crippen LogP contribution in [-0.2, 0) is 13.1 Å². The maximum atomic E-state index is 13.4. The van der Waals surface area contributed by atoms with Crippen molar-refractivity contribution in [2.75, 3.05) is 6.54 Å². The van der Waals surface area contributed by atoms with Crippen LogP contribution in [0.3, 0.4) is 0 Å². The first-order chi connectivity index (χ1) is 12.9. The Morgan fingerprint density at radius 1 is 1.11 bits per heavy atom. The van der Waals surface area contributed by atoms with Gasteiger partial charge in [-0.1, -0.05) is 31.2 Å². The molecule has 0 bridgehead atoms. The standard InChI is InChI=1S/C19H17F2N3O3/c1-2-24(10-12-6-5-9-15-17(12)27-19(20,21)26-15)11-16-22-14-8-4-3-7-13(14)18(25)23-16/h3-9H,2,10-11H2,1H3,(H,22,23,25). The summed E-state index contributed by atoms with van der Waals surface area (Å²) in [5, 5.41) is 0.526. The van der Waals surface area contributed by atoms with Gasteiger partial charge in [0.15, 0.2) is 11.5 Å². The van der Waals surface area contributed by atoms with E-state index in [0.29, 0.717) is 41.9 Å². The maximum Gasteiger partial charge on any atom is 0.586 e. The number of halogens is 2. The molecule has 3 aromatic rings. The highest BCUT2D eigenvalue weighted by Crippen LogP contribution is 2.43. The molecule has 2 heterocycles. The highest BCUT2D eigenvalue weighted by atomic mass is 19.3. The zero-order valence-electron chi connectivity index (χ0n) is 14.5. The number of fused-ring (bicyclic) bond motifs is 2. The summed E-state index contributed by atoms with van der Waals surface area (Å²) in [7, 11) is 0. The van der Waals surface area contributed by atoms with E-state index >= 15 is 0 Å². The third kappa shape index (κ3) is 3.48. The van der Waals surface area contributed by atoms with Gasteiger partial charge in [0, 0.05) is 12.1 Å². The van der Waals surface area contributed by atoms with E-state index in [2.05, 4.69) is 19.4 Å². The van der Waals surface area contributed by atoms with Gasteiger partial charge < -0.3 is 14.5 Å². The lowest BCUT2D eigenvalue weighted by molar-refractivity contribution is -0.287. The predicted molar refractivity (Wildman–Crippen MR) is 94.8 cm³/mol. The van der Waals surface area contributed by atoms with Gasteiger partial charge in [-0.15, -0.1) is 8.78 Å². The van der Waals surface area contributed by atoms with Crippen molar-refractivity contribution in [3.8, 4) is 11.5 Å². The molecular weight excluding hydrogens is 356 g/mol. The highest BCUT2D eigenvalue weighted by Gasteiger charge is 2.44. The van der Waals surface area contributed by atoms with E-state index in [4.69, 9.17) is 0 Å². The van der Waals surface area contributed by atoms with Crippen LogP contribution < -0.4 is 15.0 Å². The molecular formula is C19H17F2N3O3. The average molecular weight is 373 g/mol. The van der Waals surface area contributed by atoms with E-state index in [0.717, 1.165) is 0 Å². The molecule has 0 spiro atoms. The lowest BCUT2D eigenvalue weighted by Crippen LogP contribution is -2.27. The second-order valence-corrected chi connectivity index (χ2v) is 6.24. The van der Waals surface area contributed by atoms with Crippen molar-refractivity contribution in [1.82, 2.24) is 14.9 Å². The molecule has 0 fully saturated rings. The van der Waals surface area contributed by atoms with Crippen LogP contribution >= 0.6 is 0 Å². The minimum absolute atomic E-state index is 0.0193. The molecule has 0 amide bonds. The van der Waals surface area contributed by atoms with Gasteiger partial charge in [0.05, 0.1) is 17.4 Å². The minimum atomic E-state index is -3.65. The van der Waals surface area contributed by atoms with Crippen molar-refractivity contribution in [3.63, 3.8) is 0 Å². The van der Waals surface area contributed by atoms with Gasteiger partial charge in [0.2, 0.25) is 0 Å². The lowest BCUT2D eigenvalue weighted by atomic mass is 10.1. The molecule has 4 rings (SSSR count). The number of para-hydroxylation sites is 2. The van der Waals surface area contributed by atoms with Crippen LogP contribution in [0.4, 0.5) is 8.78 Å².